The maximum atomic E-state index is 11.8. The lowest BCUT2D eigenvalue weighted by Crippen LogP contribution is -2.36. The van der Waals surface area contributed by atoms with Crippen LogP contribution in [0, 0.1) is 6.92 Å². The minimum Gasteiger partial charge on any atom is -0.347 e. The van der Waals surface area contributed by atoms with E-state index < -0.39 is 9.84 Å². The van der Waals surface area contributed by atoms with Gasteiger partial charge in [0.2, 0.25) is 0 Å². The Hall–Kier alpha value is -1.43. The zero-order valence-electron chi connectivity index (χ0n) is 9.51. The fourth-order valence-electron chi connectivity index (χ4n) is 1.83. The van der Waals surface area contributed by atoms with Crippen LogP contribution in [0.3, 0.4) is 0 Å². The van der Waals surface area contributed by atoms with Gasteiger partial charge in [-0.05, 0) is 31.0 Å². The first kappa shape index (κ1) is 12.0. The monoisotopic (exact) mass is 254 g/mol. The van der Waals surface area contributed by atoms with Gasteiger partial charge < -0.3 is 5.32 Å². The van der Waals surface area contributed by atoms with Gasteiger partial charge >= 0.3 is 0 Å². The van der Waals surface area contributed by atoms with Crippen LogP contribution in [-0.2, 0) is 9.84 Å². The number of nitrogens with one attached hydrogen (secondary N) is 1. The summed E-state index contributed by atoms with van der Waals surface area (Å²) in [5, 5.41) is 2.70. The molecule has 1 N–H and O–H groups in total. The van der Waals surface area contributed by atoms with E-state index in [0.717, 1.165) is 5.56 Å². The third kappa shape index (κ3) is 3.03. The van der Waals surface area contributed by atoms with Crippen molar-refractivity contribution in [1.29, 1.82) is 0 Å². The van der Waals surface area contributed by atoms with Crippen molar-refractivity contribution in [2.45, 2.75) is 19.4 Å². The van der Waals surface area contributed by atoms with Crippen LogP contribution in [0.2, 0.25) is 0 Å². The first-order valence-electron chi connectivity index (χ1n) is 5.40. The van der Waals surface area contributed by atoms with Crippen LogP contribution in [0.1, 0.15) is 22.5 Å². The SMILES string of the molecule is Cc1ccnc(C(=O)NC2CCS(=O)(=O)C2)c1. The Labute approximate surface area is 100 Å². The minimum absolute atomic E-state index is 0.0323. The van der Waals surface area contributed by atoms with Crippen LogP contribution < -0.4 is 5.32 Å². The van der Waals surface area contributed by atoms with Crippen LogP contribution in [0.5, 0.6) is 0 Å². The second-order valence-corrected chi connectivity index (χ2v) is 6.52. The lowest BCUT2D eigenvalue weighted by molar-refractivity contribution is 0.0936. The molecule has 2 rings (SSSR count). The quantitative estimate of drug-likeness (QED) is 0.824. The molecule has 1 aliphatic rings. The van der Waals surface area contributed by atoms with Gasteiger partial charge in [-0.15, -0.1) is 0 Å². The molecule has 6 heteroatoms. The zero-order valence-corrected chi connectivity index (χ0v) is 10.3. The van der Waals surface area contributed by atoms with E-state index in [2.05, 4.69) is 10.3 Å². The number of sulfone groups is 1. The summed E-state index contributed by atoms with van der Waals surface area (Å²) in [6.45, 7) is 1.87. The Kier molecular flexibility index (Phi) is 3.15. The van der Waals surface area contributed by atoms with Gasteiger partial charge in [-0.1, -0.05) is 0 Å². The Bertz CT molecular complexity index is 539. The van der Waals surface area contributed by atoms with Gasteiger partial charge in [0.1, 0.15) is 5.69 Å². The summed E-state index contributed by atoms with van der Waals surface area (Å²) in [5.41, 5.74) is 1.28. The molecule has 0 radical (unpaired) electrons. The van der Waals surface area contributed by atoms with Gasteiger partial charge in [-0.25, -0.2) is 8.42 Å². The van der Waals surface area contributed by atoms with E-state index in [1.54, 1.807) is 18.3 Å². The summed E-state index contributed by atoms with van der Waals surface area (Å²) in [4.78, 5) is 15.8. The van der Waals surface area contributed by atoms with E-state index in [4.69, 9.17) is 0 Å². The fraction of sp³-hybridized carbons (Fsp3) is 0.455. The van der Waals surface area contributed by atoms with E-state index in [1.165, 1.54) is 0 Å². The van der Waals surface area contributed by atoms with Crippen LogP contribution >= 0.6 is 0 Å². The number of aryl methyl sites for hydroxylation is 1. The van der Waals surface area contributed by atoms with Crippen molar-refractivity contribution in [3.63, 3.8) is 0 Å². The largest absolute Gasteiger partial charge is 0.347 e. The Morgan fingerprint density at radius 1 is 1.53 bits per heavy atom. The molecular formula is C11H14N2O3S. The number of pyridine rings is 1. The van der Waals surface area contributed by atoms with Crippen molar-refractivity contribution in [3.8, 4) is 0 Å². The predicted molar refractivity (Wildman–Crippen MR) is 63.5 cm³/mol. The molecule has 1 atom stereocenters. The summed E-state index contributed by atoms with van der Waals surface area (Å²) in [7, 11) is -2.97. The molecule has 2 heterocycles. The molecule has 92 valence electrons. The highest BCUT2D eigenvalue weighted by Crippen LogP contribution is 2.12. The van der Waals surface area contributed by atoms with Gasteiger partial charge in [-0.2, -0.15) is 0 Å². The van der Waals surface area contributed by atoms with Crippen LogP contribution in [0.4, 0.5) is 0 Å². The molecular weight excluding hydrogens is 240 g/mol. The summed E-state index contributed by atoms with van der Waals surface area (Å²) in [6, 6.07) is 3.20. The Balaban J connectivity index is 2.03. The summed E-state index contributed by atoms with van der Waals surface area (Å²) in [5.74, 6) is -0.125. The first-order valence-corrected chi connectivity index (χ1v) is 7.22. The molecule has 1 aromatic heterocycles. The molecule has 1 unspecified atom stereocenters. The third-order valence-electron chi connectivity index (χ3n) is 2.72. The molecule has 1 aromatic rings. The van der Waals surface area contributed by atoms with E-state index in [-0.39, 0.29) is 23.5 Å². The zero-order chi connectivity index (χ0) is 12.5. The fourth-order valence-corrected chi connectivity index (χ4v) is 3.50. The maximum absolute atomic E-state index is 11.8. The summed E-state index contributed by atoms with van der Waals surface area (Å²) < 4.78 is 22.5. The molecule has 1 amide bonds. The Morgan fingerprint density at radius 2 is 2.29 bits per heavy atom. The maximum Gasteiger partial charge on any atom is 0.270 e. The Morgan fingerprint density at radius 3 is 2.88 bits per heavy atom. The van der Waals surface area contributed by atoms with Crippen LogP contribution in [0.15, 0.2) is 18.3 Å². The normalized spacial score (nSPS) is 22.3. The standard InChI is InChI=1S/C11H14N2O3S/c1-8-2-4-12-10(6-8)11(14)13-9-3-5-17(15,16)7-9/h2,4,6,9H,3,5,7H2,1H3,(H,13,14). The number of aromatic nitrogens is 1. The molecule has 1 aliphatic heterocycles. The molecule has 0 spiro atoms. The van der Waals surface area contributed by atoms with Crippen molar-refractivity contribution in [2.75, 3.05) is 11.5 Å². The van der Waals surface area contributed by atoms with Gasteiger partial charge in [0, 0.05) is 12.2 Å². The number of hydrogen-bond donors (Lipinski definition) is 1. The number of carbonyl (C=O) groups is 1. The van der Waals surface area contributed by atoms with Gasteiger partial charge in [0.05, 0.1) is 11.5 Å². The number of carbonyl (C=O) groups excluding carboxylic acids is 1. The highest BCUT2D eigenvalue weighted by Gasteiger charge is 2.29. The molecule has 1 saturated heterocycles. The van der Waals surface area contributed by atoms with E-state index in [9.17, 15) is 13.2 Å². The van der Waals surface area contributed by atoms with Gasteiger partial charge in [-0.3, -0.25) is 9.78 Å². The van der Waals surface area contributed by atoms with Gasteiger partial charge in [0.25, 0.3) is 5.91 Å². The van der Waals surface area contributed by atoms with Crippen molar-refractivity contribution in [1.82, 2.24) is 10.3 Å². The molecule has 5 nitrogen and oxygen atoms in total. The van der Waals surface area contributed by atoms with Crippen LogP contribution in [0.25, 0.3) is 0 Å². The van der Waals surface area contributed by atoms with E-state index in [0.29, 0.717) is 12.1 Å². The van der Waals surface area contributed by atoms with Crippen molar-refractivity contribution in [2.24, 2.45) is 0 Å². The summed E-state index contributed by atoms with van der Waals surface area (Å²) >= 11 is 0. The summed E-state index contributed by atoms with van der Waals surface area (Å²) in [6.07, 6.45) is 2.05. The topological polar surface area (TPSA) is 76.1 Å². The number of amides is 1. The molecule has 1 fully saturated rings. The highest BCUT2D eigenvalue weighted by atomic mass is 32.2. The second-order valence-electron chi connectivity index (χ2n) is 4.29. The third-order valence-corrected chi connectivity index (χ3v) is 4.48. The molecule has 17 heavy (non-hydrogen) atoms. The second kappa shape index (κ2) is 4.44. The number of nitrogens with zero attached hydrogens (tertiary/aromatic N) is 1. The average Bonchev–Trinajstić information content (AvgIpc) is 2.58. The van der Waals surface area contributed by atoms with E-state index in [1.807, 2.05) is 6.92 Å². The average molecular weight is 254 g/mol. The van der Waals surface area contributed by atoms with Crippen molar-refractivity contribution >= 4 is 15.7 Å². The molecule has 0 bridgehead atoms. The predicted octanol–water partition coefficient (Wildman–Crippen LogP) is 0.307. The highest BCUT2D eigenvalue weighted by molar-refractivity contribution is 7.91. The van der Waals surface area contributed by atoms with Crippen molar-refractivity contribution in [3.05, 3.63) is 29.6 Å². The van der Waals surface area contributed by atoms with Gasteiger partial charge in [0.15, 0.2) is 9.84 Å². The van der Waals surface area contributed by atoms with E-state index >= 15 is 0 Å². The molecule has 0 aromatic carbocycles. The lowest BCUT2D eigenvalue weighted by Gasteiger charge is -2.10. The van der Waals surface area contributed by atoms with Crippen LogP contribution in [-0.4, -0.2) is 36.9 Å². The number of rotatable bonds is 2. The minimum atomic E-state index is -2.97. The van der Waals surface area contributed by atoms with Crippen molar-refractivity contribution < 1.29 is 13.2 Å². The molecule has 0 saturated carbocycles. The first-order chi connectivity index (χ1) is 7.96. The number of hydrogen-bond acceptors (Lipinski definition) is 4. The smallest absolute Gasteiger partial charge is 0.270 e. The molecule has 0 aliphatic carbocycles. The lowest BCUT2D eigenvalue weighted by atomic mass is 10.2.